The minimum Gasteiger partial charge on any atom is -0.340 e. The fourth-order valence-electron chi connectivity index (χ4n) is 3.06. The van der Waals surface area contributed by atoms with Crippen LogP contribution >= 0.6 is 0 Å². The van der Waals surface area contributed by atoms with E-state index in [1.807, 2.05) is 18.9 Å². The number of carbonyl (C=O) groups excluding carboxylic acids is 2. The van der Waals surface area contributed by atoms with E-state index < -0.39 is 0 Å². The number of nitrogens with zero attached hydrogens (tertiary/aromatic N) is 2. The molecule has 0 aromatic rings. The standard InChI is InChI=1S/C14H25N3O2/c1-3-5-13(18)17-9-4-6-12(17)14(19)16(2)11-7-8-15-10-11/h11-12,15H,3-10H2,1-2H3. The molecule has 2 amide bonds. The Hall–Kier alpha value is -1.10. The van der Waals surface area contributed by atoms with Crippen molar-refractivity contribution in [2.24, 2.45) is 0 Å². The third kappa shape index (κ3) is 3.08. The van der Waals surface area contributed by atoms with E-state index in [2.05, 4.69) is 5.32 Å². The van der Waals surface area contributed by atoms with E-state index in [0.29, 0.717) is 6.42 Å². The van der Waals surface area contributed by atoms with Gasteiger partial charge in [-0.1, -0.05) is 6.92 Å². The van der Waals surface area contributed by atoms with Gasteiger partial charge < -0.3 is 15.1 Å². The van der Waals surface area contributed by atoms with Gasteiger partial charge in [-0.15, -0.1) is 0 Å². The first kappa shape index (κ1) is 14.3. The van der Waals surface area contributed by atoms with Crippen LogP contribution in [0.1, 0.15) is 39.0 Å². The Kier molecular flexibility index (Phi) is 4.80. The molecule has 2 atom stereocenters. The number of rotatable bonds is 4. The Bertz CT molecular complexity index is 340. The number of hydrogen-bond acceptors (Lipinski definition) is 3. The molecule has 0 bridgehead atoms. The topological polar surface area (TPSA) is 52.7 Å². The monoisotopic (exact) mass is 267 g/mol. The van der Waals surface area contributed by atoms with Gasteiger partial charge in [0.25, 0.3) is 0 Å². The summed E-state index contributed by atoms with van der Waals surface area (Å²) in [4.78, 5) is 28.2. The average molecular weight is 267 g/mol. The van der Waals surface area contributed by atoms with Crippen LogP contribution in [0.15, 0.2) is 0 Å². The maximum Gasteiger partial charge on any atom is 0.245 e. The van der Waals surface area contributed by atoms with Crippen LogP contribution in [0, 0.1) is 0 Å². The molecule has 5 heteroatoms. The molecule has 0 spiro atoms. The van der Waals surface area contributed by atoms with Crippen LogP contribution in [-0.2, 0) is 9.59 Å². The first-order chi connectivity index (χ1) is 9.15. The number of amides is 2. The van der Waals surface area contributed by atoms with Gasteiger partial charge in [-0.2, -0.15) is 0 Å². The number of nitrogens with one attached hydrogen (secondary N) is 1. The van der Waals surface area contributed by atoms with Crippen molar-refractivity contribution in [2.75, 3.05) is 26.7 Å². The molecule has 19 heavy (non-hydrogen) atoms. The molecular formula is C14H25N3O2. The molecular weight excluding hydrogens is 242 g/mol. The molecule has 0 saturated carbocycles. The molecule has 108 valence electrons. The van der Waals surface area contributed by atoms with Crippen LogP contribution in [0.2, 0.25) is 0 Å². The summed E-state index contributed by atoms with van der Waals surface area (Å²) >= 11 is 0. The van der Waals surface area contributed by atoms with E-state index in [4.69, 9.17) is 0 Å². The second-order valence-electron chi connectivity index (χ2n) is 5.59. The van der Waals surface area contributed by atoms with Crippen LogP contribution in [0.3, 0.4) is 0 Å². The Labute approximate surface area is 115 Å². The van der Waals surface area contributed by atoms with E-state index in [9.17, 15) is 9.59 Å². The molecule has 2 aliphatic rings. The van der Waals surface area contributed by atoms with Gasteiger partial charge in [-0.25, -0.2) is 0 Å². The van der Waals surface area contributed by atoms with Gasteiger partial charge in [-0.05, 0) is 32.2 Å². The summed E-state index contributed by atoms with van der Waals surface area (Å²) in [6, 6.07) is 0.0703. The van der Waals surface area contributed by atoms with Crippen molar-refractivity contribution in [3.05, 3.63) is 0 Å². The Morgan fingerprint density at radius 3 is 2.79 bits per heavy atom. The predicted octanol–water partition coefficient (Wildman–Crippen LogP) is 0.598. The highest BCUT2D eigenvalue weighted by atomic mass is 16.2. The lowest BCUT2D eigenvalue weighted by Crippen LogP contribution is -2.50. The zero-order chi connectivity index (χ0) is 13.8. The molecule has 1 N–H and O–H groups in total. The van der Waals surface area contributed by atoms with E-state index >= 15 is 0 Å². The maximum absolute atomic E-state index is 12.6. The lowest BCUT2D eigenvalue weighted by atomic mass is 10.1. The number of hydrogen-bond donors (Lipinski definition) is 1. The number of carbonyl (C=O) groups is 2. The minimum absolute atomic E-state index is 0.121. The van der Waals surface area contributed by atoms with Gasteiger partial charge in [0.2, 0.25) is 11.8 Å². The third-order valence-corrected chi connectivity index (χ3v) is 4.25. The van der Waals surface area contributed by atoms with Gasteiger partial charge in [0, 0.05) is 32.6 Å². The highest BCUT2D eigenvalue weighted by Crippen LogP contribution is 2.22. The van der Waals surface area contributed by atoms with Crippen molar-refractivity contribution in [2.45, 2.75) is 51.1 Å². The van der Waals surface area contributed by atoms with Crippen molar-refractivity contribution in [3.8, 4) is 0 Å². The van der Waals surface area contributed by atoms with Gasteiger partial charge in [0.05, 0.1) is 0 Å². The Morgan fingerprint density at radius 1 is 1.37 bits per heavy atom. The van der Waals surface area contributed by atoms with Gasteiger partial charge >= 0.3 is 0 Å². The second-order valence-corrected chi connectivity index (χ2v) is 5.59. The molecule has 5 nitrogen and oxygen atoms in total. The Balaban J connectivity index is 1.98. The summed E-state index contributed by atoms with van der Waals surface area (Å²) in [5.74, 6) is 0.256. The Morgan fingerprint density at radius 2 is 2.16 bits per heavy atom. The fourth-order valence-corrected chi connectivity index (χ4v) is 3.06. The third-order valence-electron chi connectivity index (χ3n) is 4.25. The van der Waals surface area contributed by atoms with Crippen molar-refractivity contribution in [1.29, 1.82) is 0 Å². The molecule has 2 rings (SSSR count). The fraction of sp³-hybridized carbons (Fsp3) is 0.857. The summed E-state index contributed by atoms with van der Waals surface area (Å²) in [7, 11) is 1.88. The van der Waals surface area contributed by atoms with Crippen LogP contribution in [0.5, 0.6) is 0 Å². The minimum atomic E-state index is -0.218. The summed E-state index contributed by atoms with van der Waals surface area (Å²) in [6.07, 6.45) is 4.18. The van der Waals surface area contributed by atoms with Gasteiger partial charge in [-0.3, -0.25) is 9.59 Å². The summed E-state index contributed by atoms with van der Waals surface area (Å²) < 4.78 is 0. The largest absolute Gasteiger partial charge is 0.340 e. The van der Waals surface area contributed by atoms with Crippen LogP contribution in [0.25, 0.3) is 0 Å². The van der Waals surface area contributed by atoms with Crippen molar-refractivity contribution in [1.82, 2.24) is 15.1 Å². The van der Waals surface area contributed by atoms with Crippen molar-refractivity contribution in [3.63, 3.8) is 0 Å². The van der Waals surface area contributed by atoms with Gasteiger partial charge in [0.1, 0.15) is 6.04 Å². The quantitative estimate of drug-likeness (QED) is 0.811. The second kappa shape index (κ2) is 6.37. The molecule has 2 heterocycles. The lowest BCUT2D eigenvalue weighted by Gasteiger charge is -2.31. The number of likely N-dealkylation sites (N-methyl/N-ethyl adjacent to an activating group) is 1. The van der Waals surface area contributed by atoms with Crippen molar-refractivity contribution < 1.29 is 9.59 Å². The smallest absolute Gasteiger partial charge is 0.245 e. The van der Waals surface area contributed by atoms with Crippen molar-refractivity contribution >= 4 is 11.8 Å². The predicted molar refractivity (Wildman–Crippen MR) is 73.7 cm³/mol. The molecule has 0 aromatic heterocycles. The van der Waals surface area contributed by atoms with Gasteiger partial charge in [0.15, 0.2) is 0 Å². The molecule has 0 aromatic carbocycles. The van der Waals surface area contributed by atoms with E-state index in [1.54, 1.807) is 4.90 Å². The highest BCUT2D eigenvalue weighted by Gasteiger charge is 2.37. The normalized spacial score (nSPS) is 26.7. The number of likely N-dealkylation sites (tertiary alicyclic amines) is 1. The van der Waals surface area contributed by atoms with Crippen LogP contribution in [0.4, 0.5) is 0 Å². The molecule has 0 radical (unpaired) electrons. The molecule has 2 fully saturated rings. The summed E-state index contributed by atoms with van der Waals surface area (Å²) in [5.41, 5.74) is 0. The molecule has 2 unspecified atom stereocenters. The molecule has 2 saturated heterocycles. The SMILES string of the molecule is CCCC(=O)N1CCCC1C(=O)N(C)C1CCNC1. The average Bonchev–Trinajstić information content (AvgIpc) is 3.08. The van der Waals surface area contributed by atoms with E-state index in [-0.39, 0.29) is 23.9 Å². The lowest BCUT2D eigenvalue weighted by molar-refractivity contribution is -0.144. The maximum atomic E-state index is 12.6. The summed E-state index contributed by atoms with van der Waals surface area (Å²) in [6.45, 7) is 4.59. The van der Waals surface area contributed by atoms with E-state index in [0.717, 1.165) is 45.3 Å². The zero-order valence-electron chi connectivity index (χ0n) is 12.0. The van der Waals surface area contributed by atoms with E-state index in [1.165, 1.54) is 0 Å². The van der Waals surface area contributed by atoms with Crippen LogP contribution in [-0.4, -0.2) is 60.4 Å². The molecule has 2 aliphatic heterocycles. The highest BCUT2D eigenvalue weighted by molar-refractivity contribution is 5.88. The molecule has 0 aliphatic carbocycles. The first-order valence-electron chi connectivity index (χ1n) is 7.42. The first-order valence-corrected chi connectivity index (χ1v) is 7.42. The van der Waals surface area contributed by atoms with Crippen LogP contribution < -0.4 is 5.32 Å². The zero-order valence-corrected chi connectivity index (χ0v) is 12.0. The summed E-state index contributed by atoms with van der Waals surface area (Å²) in [5, 5.41) is 3.28.